The van der Waals surface area contributed by atoms with E-state index in [1.54, 1.807) is 0 Å². The Bertz CT molecular complexity index is 459. The Balaban J connectivity index is 2.65. The molecule has 0 unspecified atom stereocenters. The first-order chi connectivity index (χ1) is 7.49. The fraction of sp³-hybridized carbons (Fsp3) is 0.286. The monoisotopic (exact) mass is 294 g/mol. The molecule has 0 bridgehead atoms. The molecule has 16 heavy (non-hydrogen) atoms. The van der Waals surface area contributed by atoms with Crippen LogP contribution in [0.3, 0.4) is 0 Å². The van der Waals surface area contributed by atoms with Crippen molar-refractivity contribution in [2.24, 2.45) is 0 Å². The quantitative estimate of drug-likeness (QED) is 0.690. The van der Waals surface area contributed by atoms with Gasteiger partial charge in [0.1, 0.15) is 0 Å². The fourth-order valence-corrected chi connectivity index (χ4v) is 11.9. The molecule has 0 amide bonds. The van der Waals surface area contributed by atoms with Gasteiger partial charge in [0.25, 0.3) is 0 Å². The molecule has 1 aromatic rings. The first-order valence-corrected chi connectivity index (χ1v) is 11.5. The molecule has 2 heteroatoms. The van der Waals surface area contributed by atoms with Crippen molar-refractivity contribution in [1.29, 1.82) is 0 Å². The Morgan fingerprint density at radius 2 is 1.25 bits per heavy atom. The first-order valence-electron chi connectivity index (χ1n) is 5.60. The molecule has 0 aliphatic carbocycles. The van der Waals surface area contributed by atoms with Gasteiger partial charge in [-0.1, -0.05) is 0 Å². The van der Waals surface area contributed by atoms with Crippen molar-refractivity contribution < 1.29 is 0 Å². The molecule has 0 saturated carbocycles. The molecule has 1 aromatic carbocycles. The number of hydrogen-bond acceptors (Lipinski definition) is 0. The van der Waals surface area contributed by atoms with Gasteiger partial charge in [-0.2, -0.15) is 0 Å². The molecule has 0 nitrogen and oxygen atoms in total. The van der Waals surface area contributed by atoms with Gasteiger partial charge in [0.2, 0.25) is 0 Å². The fourth-order valence-electron chi connectivity index (χ4n) is 2.46. The van der Waals surface area contributed by atoms with E-state index in [2.05, 4.69) is 58.0 Å². The van der Waals surface area contributed by atoms with Crippen LogP contribution in [0, 0.1) is 0 Å². The topological polar surface area (TPSA) is 0 Å². The third-order valence-electron chi connectivity index (χ3n) is 3.89. The second-order valence-corrected chi connectivity index (χ2v) is 14.6. The first kappa shape index (κ1) is 12.0. The molecule has 1 aliphatic rings. The van der Waals surface area contributed by atoms with Crippen molar-refractivity contribution in [3.05, 3.63) is 50.3 Å². The van der Waals surface area contributed by atoms with Gasteiger partial charge in [-0.25, -0.2) is 0 Å². The van der Waals surface area contributed by atoms with Crippen molar-refractivity contribution >= 4 is 26.7 Å². The molecule has 0 saturated heterocycles. The third-order valence-corrected chi connectivity index (χ3v) is 16.3. The summed E-state index contributed by atoms with van der Waals surface area (Å²) in [5, 5.41) is 0. The van der Waals surface area contributed by atoms with E-state index in [9.17, 15) is 0 Å². The maximum atomic E-state index is 7.06. The number of rotatable bonds is 1. The van der Waals surface area contributed by atoms with Crippen molar-refractivity contribution in [2.75, 3.05) is 0 Å². The van der Waals surface area contributed by atoms with Gasteiger partial charge in [-0.3, -0.25) is 0 Å². The van der Waals surface area contributed by atoms with Crippen molar-refractivity contribution in [3.8, 4) is 0 Å². The van der Waals surface area contributed by atoms with Crippen molar-refractivity contribution in [1.82, 2.24) is 0 Å². The summed E-state index contributed by atoms with van der Waals surface area (Å²) in [6, 6.07) is 10.6. The molecule has 1 heterocycles. The van der Waals surface area contributed by atoms with Crippen LogP contribution in [0.5, 0.6) is 0 Å². The van der Waals surface area contributed by atoms with Crippen LogP contribution in [0.1, 0.15) is 27.7 Å². The molecule has 0 aromatic heterocycles. The molecule has 1 aliphatic heterocycles. The zero-order valence-electron chi connectivity index (χ0n) is 10.3. The van der Waals surface area contributed by atoms with Gasteiger partial charge < -0.3 is 0 Å². The summed E-state index contributed by atoms with van der Waals surface area (Å²) in [5.41, 5.74) is 2.83. The average molecular weight is 293 g/mol. The second kappa shape index (κ2) is 4.08. The van der Waals surface area contributed by atoms with Crippen LogP contribution in [0.2, 0.25) is 0 Å². The summed E-state index contributed by atoms with van der Waals surface area (Å²) in [6.07, 6.45) is 0. The normalized spacial score (nSPS) is 19.6. The summed E-state index contributed by atoms with van der Waals surface area (Å²) in [6.45, 7) is 8.84. The second-order valence-electron chi connectivity index (χ2n) is 4.52. The van der Waals surface area contributed by atoms with Crippen LogP contribution in [-0.4, -0.2) is 12.3 Å². The van der Waals surface area contributed by atoms with E-state index in [4.69, 9.17) is 10.0 Å². The van der Waals surface area contributed by atoms with Crippen molar-refractivity contribution in [3.63, 3.8) is 0 Å². The van der Waals surface area contributed by atoms with Gasteiger partial charge in [0, 0.05) is 0 Å². The molecule has 0 spiro atoms. The zero-order valence-corrected chi connectivity index (χ0v) is 13.1. The molecular weight excluding hydrogens is 276 g/mol. The number of halogens is 1. The van der Waals surface area contributed by atoms with Gasteiger partial charge in [-0.15, -0.1) is 0 Å². The van der Waals surface area contributed by atoms with Gasteiger partial charge in [0.05, 0.1) is 0 Å². The Hall–Kier alpha value is -0.467. The molecule has 2 rings (SSSR count). The van der Waals surface area contributed by atoms with E-state index in [0.29, 0.717) is 0 Å². The van der Waals surface area contributed by atoms with Crippen LogP contribution >= 0.6 is 10.0 Å². The minimum atomic E-state index is -2.64. The molecule has 84 valence electrons. The van der Waals surface area contributed by atoms with Crippen LogP contribution in [0.4, 0.5) is 0 Å². The summed E-state index contributed by atoms with van der Waals surface area (Å²) < 4.78 is 4.25. The van der Waals surface area contributed by atoms with E-state index >= 15 is 0 Å². The van der Waals surface area contributed by atoms with Gasteiger partial charge in [0.15, 0.2) is 0 Å². The van der Waals surface area contributed by atoms with E-state index in [0.717, 1.165) is 0 Å². The zero-order chi connectivity index (χ0) is 11.9. The van der Waals surface area contributed by atoms with Crippen molar-refractivity contribution in [2.45, 2.75) is 27.7 Å². The standard InChI is InChI=1S/C14H17ClGe/c1-10-11(2)13(4)16(15,12(10)3)14-8-6-5-7-9-14/h5-9H,1-4H3. The Morgan fingerprint density at radius 1 is 0.812 bits per heavy atom. The Kier molecular flexibility index (Phi) is 3.06. The molecule has 0 N–H and O–H groups in total. The number of hydrogen-bond donors (Lipinski definition) is 0. The van der Waals surface area contributed by atoms with Crippen LogP contribution in [0.25, 0.3) is 0 Å². The summed E-state index contributed by atoms with van der Waals surface area (Å²) in [4.78, 5) is 0. The maximum absolute atomic E-state index is 7.06. The van der Waals surface area contributed by atoms with E-state index in [1.807, 2.05) is 0 Å². The van der Waals surface area contributed by atoms with Crippen LogP contribution in [0.15, 0.2) is 50.3 Å². The van der Waals surface area contributed by atoms with Crippen LogP contribution in [-0.2, 0) is 0 Å². The van der Waals surface area contributed by atoms with Gasteiger partial charge in [-0.05, 0) is 0 Å². The number of benzene rings is 1. The van der Waals surface area contributed by atoms with Crippen LogP contribution < -0.4 is 4.40 Å². The molecular formula is C14H17ClGe. The van der Waals surface area contributed by atoms with E-state index < -0.39 is 12.3 Å². The molecule has 0 atom stereocenters. The van der Waals surface area contributed by atoms with Gasteiger partial charge >= 0.3 is 105 Å². The summed E-state index contributed by atoms with van der Waals surface area (Å²) >= 11 is -2.64. The van der Waals surface area contributed by atoms with E-state index in [-0.39, 0.29) is 0 Å². The van der Waals surface area contributed by atoms with E-state index in [1.165, 1.54) is 24.4 Å². The molecule has 0 fully saturated rings. The Morgan fingerprint density at radius 3 is 1.69 bits per heavy atom. The predicted octanol–water partition coefficient (Wildman–Crippen LogP) is 3.84. The Labute approximate surface area is 105 Å². The summed E-state index contributed by atoms with van der Waals surface area (Å²) in [5.74, 6) is 0. The summed E-state index contributed by atoms with van der Waals surface area (Å²) in [7, 11) is 7.06. The average Bonchev–Trinajstić information content (AvgIpc) is 2.47. The third kappa shape index (κ3) is 1.51. The minimum absolute atomic E-state index is 1.36. The number of allylic oxidation sites excluding steroid dienone is 4. The SMILES string of the molecule is CC1=[C](C)[Ge]([Cl])([c]2ccccc2)[C](C)=C1C. The molecule has 0 radical (unpaired) electrons. The predicted molar refractivity (Wildman–Crippen MR) is 74.4 cm³/mol.